The summed E-state index contributed by atoms with van der Waals surface area (Å²) in [6.45, 7) is 0. The number of hydrogen-bond acceptors (Lipinski definition) is 5. The van der Waals surface area contributed by atoms with Gasteiger partial charge in [0.25, 0.3) is 0 Å². The van der Waals surface area contributed by atoms with Crippen LogP contribution in [0.15, 0.2) is 65.7 Å². The Morgan fingerprint density at radius 2 is 1.96 bits per heavy atom. The van der Waals surface area contributed by atoms with Crippen LogP contribution in [0.1, 0.15) is 25.7 Å². The molecule has 1 aliphatic rings. The molecule has 0 aliphatic heterocycles. The lowest BCUT2D eigenvalue weighted by Crippen LogP contribution is -2.28. The molecule has 0 aromatic carbocycles. The number of nitrogens with zero attached hydrogens (tertiary/aromatic N) is 3. The van der Waals surface area contributed by atoms with Gasteiger partial charge in [-0.25, -0.2) is 4.98 Å². The number of imidazole rings is 1. The molecule has 0 amide bonds. The third-order valence-electron chi connectivity index (χ3n) is 5.40. The number of pyridine rings is 2. The summed E-state index contributed by atoms with van der Waals surface area (Å²) >= 11 is 0. The topological polar surface area (TPSA) is 75.6 Å². The van der Waals surface area contributed by atoms with Crippen molar-refractivity contribution >= 4 is 11.3 Å². The predicted molar refractivity (Wildman–Crippen MR) is 108 cm³/mol. The molecule has 28 heavy (non-hydrogen) atoms. The fourth-order valence-corrected chi connectivity index (χ4v) is 3.88. The second-order valence-electron chi connectivity index (χ2n) is 7.35. The summed E-state index contributed by atoms with van der Waals surface area (Å²) in [5.74, 6) is 0.748. The Hall–Kier alpha value is -3.12. The molecular weight excluding hydrogens is 352 g/mol. The Morgan fingerprint density at radius 1 is 1.07 bits per heavy atom. The number of aliphatic hydroxyl groups excluding tert-OH is 1. The number of hydrogen-bond donors (Lipinski definition) is 2. The van der Waals surface area contributed by atoms with Crippen molar-refractivity contribution in [3.8, 4) is 22.7 Å². The first kappa shape index (κ1) is 17.0. The van der Waals surface area contributed by atoms with Crippen molar-refractivity contribution in [3.05, 3.63) is 61.3 Å². The summed E-state index contributed by atoms with van der Waals surface area (Å²) < 4.78 is 7.58. The van der Waals surface area contributed by atoms with E-state index in [4.69, 9.17) is 4.42 Å². The van der Waals surface area contributed by atoms with Crippen LogP contribution in [0.5, 0.6) is 0 Å². The SMILES string of the molecule is OC1CCC(Nc2ccc3ncc(-c4ccnc(-c5ccco5)c4)n3c2)CC1. The number of aromatic nitrogens is 3. The Morgan fingerprint density at radius 3 is 2.79 bits per heavy atom. The van der Waals surface area contributed by atoms with Crippen LogP contribution in [-0.2, 0) is 0 Å². The molecule has 4 heterocycles. The van der Waals surface area contributed by atoms with Crippen molar-refractivity contribution in [1.82, 2.24) is 14.4 Å². The van der Waals surface area contributed by atoms with E-state index in [1.807, 2.05) is 36.5 Å². The minimum absolute atomic E-state index is 0.143. The molecule has 0 saturated heterocycles. The molecule has 0 bridgehead atoms. The smallest absolute Gasteiger partial charge is 0.152 e. The molecule has 1 saturated carbocycles. The van der Waals surface area contributed by atoms with Crippen LogP contribution in [0.3, 0.4) is 0 Å². The van der Waals surface area contributed by atoms with Gasteiger partial charge in [-0.05, 0) is 62.1 Å². The average Bonchev–Trinajstić information content (AvgIpc) is 3.40. The van der Waals surface area contributed by atoms with Gasteiger partial charge in [-0.1, -0.05) is 0 Å². The van der Waals surface area contributed by atoms with E-state index >= 15 is 0 Å². The summed E-state index contributed by atoms with van der Waals surface area (Å²) in [6.07, 6.45) is 11.0. The monoisotopic (exact) mass is 374 g/mol. The fourth-order valence-electron chi connectivity index (χ4n) is 3.88. The first-order valence-corrected chi connectivity index (χ1v) is 9.68. The highest BCUT2D eigenvalue weighted by molar-refractivity contribution is 5.69. The van der Waals surface area contributed by atoms with Gasteiger partial charge in [0.2, 0.25) is 0 Å². The van der Waals surface area contributed by atoms with Crippen LogP contribution in [0.25, 0.3) is 28.4 Å². The van der Waals surface area contributed by atoms with Gasteiger partial charge in [0.15, 0.2) is 5.76 Å². The average molecular weight is 374 g/mol. The summed E-state index contributed by atoms with van der Waals surface area (Å²) in [4.78, 5) is 8.96. The molecule has 0 atom stereocenters. The highest BCUT2D eigenvalue weighted by Crippen LogP contribution is 2.27. The molecule has 1 aliphatic carbocycles. The summed E-state index contributed by atoms with van der Waals surface area (Å²) in [7, 11) is 0. The largest absolute Gasteiger partial charge is 0.463 e. The molecule has 6 nitrogen and oxygen atoms in total. The van der Waals surface area contributed by atoms with Gasteiger partial charge in [0, 0.05) is 24.0 Å². The molecule has 6 heteroatoms. The lowest BCUT2D eigenvalue weighted by molar-refractivity contribution is 0.126. The lowest BCUT2D eigenvalue weighted by Gasteiger charge is -2.27. The van der Waals surface area contributed by atoms with Crippen molar-refractivity contribution in [1.29, 1.82) is 0 Å². The second kappa shape index (κ2) is 7.13. The maximum Gasteiger partial charge on any atom is 0.152 e. The van der Waals surface area contributed by atoms with Crippen molar-refractivity contribution in [2.75, 3.05) is 5.32 Å². The van der Waals surface area contributed by atoms with Gasteiger partial charge in [-0.15, -0.1) is 0 Å². The molecule has 2 N–H and O–H groups in total. The number of nitrogens with one attached hydrogen (secondary N) is 1. The molecular formula is C22H22N4O2. The molecule has 4 aromatic rings. The number of furan rings is 1. The Kier molecular flexibility index (Phi) is 4.33. The highest BCUT2D eigenvalue weighted by Gasteiger charge is 2.19. The standard InChI is InChI=1S/C22H22N4O2/c27-18-6-3-16(4-7-18)25-17-5-8-22-24-13-20(26(22)14-17)15-9-10-23-19(12-15)21-2-1-11-28-21/h1-2,5,8-14,16,18,25,27H,3-4,6-7H2. The Balaban J connectivity index is 1.46. The van der Waals surface area contributed by atoms with Crippen LogP contribution in [0.4, 0.5) is 5.69 Å². The van der Waals surface area contributed by atoms with Crippen molar-refractivity contribution < 1.29 is 9.52 Å². The third-order valence-corrected chi connectivity index (χ3v) is 5.40. The summed E-state index contributed by atoms with van der Waals surface area (Å²) in [5, 5.41) is 13.3. The van der Waals surface area contributed by atoms with Crippen LogP contribution in [0.2, 0.25) is 0 Å². The molecule has 0 spiro atoms. The van der Waals surface area contributed by atoms with Crippen molar-refractivity contribution in [3.63, 3.8) is 0 Å². The van der Waals surface area contributed by atoms with Crippen LogP contribution in [-0.4, -0.2) is 31.6 Å². The molecule has 4 aromatic heterocycles. The van der Waals surface area contributed by atoms with Gasteiger partial charge in [0.05, 0.1) is 29.9 Å². The number of aliphatic hydroxyl groups is 1. The van der Waals surface area contributed by atoms with E-state index in [1.165, 1.54) is 0 Å². The van der Waals surface area contributed by atoms with Crippen LogP contribution >= 0.6 is 0 Å². The van der Waals surface area contributed by atoms with E-state index in [0.717, 1.165) is 59.7 Å². The molecule has 0 unspecified atom stereocenters. The fraction of sp³-hybridized carbons (Fsp3) is 0.273. The Labute approximate surface area is 162 Å². The molecule has 1 fully saturated rings. The van der Waals surface area contributed by atoms with E-state index in [0.29, 0.717) is 6.04 Å². The highest BCUT2D eigenvalue weighted by atomic mass is 16.3. The quantitative estimate of drug-likeness (QED) is 0.555. The van der Waals surface area contributed by atoms with E-state index in [2.05, 4.69) is 31.9 Å². The van der Waals surface area contributed by atoms with Gasteiger partial charge < -0.3 is 14.8 Å². The van der Waals surface area contributed by atoms with Crippen LogP contribution < -0.4 is 5.32 Å². The van der Waals surface area contributed by atoms with Gasteiger partial charge in [-0.2, -0.15) is 0 Å². The van der Waals surface area contributed by atoms with Gasteiger partial charge >= 0.3 is 0 Å². The zero-order valence-electron chi connectivity index (χ0n) is 15.5. The minimum atomic E-state index is -0.143. The third kappa shape index (κ3) is 3.27. The lowest BCUT2D eigenvalue weighted by atomic mass is 9.93. The van der Waals surface area contributed by atoms with E-state index in [1.54, 1.807) is 12.5 Å². The Bertz CT molecular complexity index is 1080. The van der Waals surface area contributed by atoms with Gasteiger partial charge in [0.1, 0.15) is 11.3 Å². The first-order valence-electron chi connectivity index (χ1n) is 9.68. The van der Waals surface area contributed by atoms with E-state index in [9.17, 15) is 5.11 Å². The zero-order valence-corrected chi connectivity index (χ0v) is 15.5. The summed E-state index contributed by atoms with van der Waals surface area (Å²) in [5.41, 5.74) is 4.80. The molecule has 5 rings (SSSR count). The van der Waals surface area contributed by atoms with Crippen molar-refractivity contribution in [2.24, 2.45) is 0 Å². The number of anilines is 1. The number of fused-ring (bicyclic) bond motifs is 1. The number of rotatable bonds is 4. The second-order valence-corrected chi connectivity index (χ2v) is 7.35. The van der Waals surface area contributed by atoms with E-state index < -0.39 is 0 Å². The van der Waals surface area contributed by atoms with Crippen molar-refractivity contribution in [2.45, 2.75) is 37.8 Å². The normalized spacial score (nSPS) is 19.8. The van der Waals surface area contributed by atoms with Crippen LogP contribution in [0, 0.1) is 0 Å². The maximum absolute atomic E-state index is 9.71. The van der Waals surface area contributed by atoms with Gasteiger partial charge in [-0.3, -0.25) is 9.38 Å². The summed E-state index contributed by atoms with van der Waals surface area (Å²) in [6, 6.07) is 12.3. The zero-order chi connectivity index (χ0) is 18.9. The molecule has 142 valence electrons. The maximum atomic E-state index is 9.71. The first-order chi connectivity index (χ1) is 13.8. The molecule has 0 radical (unpaired) electrons. The minimum Gasteiger partial charge on any atom is -0.463 e. The van der Waals surface area contributed by atoms with E-state index in [-0.39, 0.29) is 6.10 Å². The predicted octanol–water partition coefficient (Wildman–Crippen LogP) is 4.37.